The minimum Gasteiger partial charge on any atom is -0.389 e. The zero-order valence-corrected chi connectivity index (χ0v) is 11.2. The van der Waals surface area contributed by atoms with Gasteiger partial charge < -0.3 is 5.11 Å². The van der Waals surface area contributed by atoms with Crippen molar-refractivity contribution >= 4 is 5.78 Å². The van der Waals surface area contributed by atoms with E-state index >= 15 is 0 Å². The molecule has 0 aromatic heterocycles. The second-order valence-electron chi connectivity index (χ2n) is 7.45. The summed E-state index contributed by atoms with van der Waals surface area (Å²) in [5.41, 5.74) is 0.774. The Morgan fingerprint density at radius 3 is 2.65 bits per heavy atom. The highest BCUT2D eigenvalue weighted by Crippen LogP contribution is 2.68. The molecule has 0 aromatic carbocycles. The van der Waals surface area contributed by atoms with Crippen molar-refractivity contribution in [3.8, 4) is 0 Å². The third-order valence-electron chi connectivity index (χ3n) is 5.75. The highest BCUT2D eigenvalue weighted by Gasteiger charge is 2.66. The molecule has 4 unspecified atom stereocenters. The lowest BCUT2D eigenvalue weighted by molar-refractivity contribution is -0.120. The van der Waals surface area contributed by atoms with Crippen LogP contribution in [0.4, 0.5) is 0 Å². The highest BCUT2D eigenvalue weighted by atomic mass is 16.3. The van der Waals surface area contributed by atoms with Gasteiger partial charge in [-0.15, -0.1) is 0 Å². The zero-order chi connectivity index (χ0) is 12.6. The van der Waals surface area contributed by atoms with Crippen LogP contribution in [0.2, 0.25) is 0 Å². The van der Waals surface area contributed by atoms with Crippen molar-refractivity contribution in [3.63, 3.8) is 0 Å². The van der Waals surface area contributed by atoms with E-state index in [1.807, 2.05) is 13.0 Å². The Hall–Kier alpha value is -0.630. The third kappa shape index (κ3) is 1.22. The van der Waals surface area contributed by atoms with Crippen molar-refractivity contribution in [2.24, 2.45) is 22.7 Å². The molecule has 3 aliphatic rings. The van der Waals surface area contributed by atoms with Crippen LogP contribution in [0.15, 0.2) is 11.6 Å². The lowest BCUT2D eigenvalue weighted by Gasteiger charge is -2.36. The fourth-order valence-corrected chi connectivity index (χ4v) is 4.85. The topological polar surface area (TPSA) is 37.3 Å². The highest BCUT2D eigenvalue weighted by molar-refractivity contribution is 5.96. The minimum atomic E-state index is -0.557. The molecular formula is C15H22O2. The van der Waals surface area contributed by atoms with E-state index in [1.54, 1.807) is 0 Å². The molecule has 17 heavy (non-hydrogen) atoms. The standard InChI is InChI=1S/C15H22O2/c1-9-11(16)5-10-6-15(17)8-13(2,3)7-12(15)14(9,10)4/h5,9,12,17H,6-8H2,1-4H3. The van der Waals surface area contributed by atoms with Gasteiger partial charge in [0.05, 0.1) is 5.60 Å². The predicted octanol–water partition coefficient (Wildman–Crippen LogP) is 2.71. The molecule has 0 spiro atoms. The van der Waals surface area contributed by atoms with Crippen molar-refractivity contribution < 1.29 is 9.90 Å². The second-order valence-corrected chi connectivity index (χ2v) is 7.45. The van der Waals surface area contributed by atoms with Gasteiger partial charge in [0.1, 0.15) is 0 Å². The number of hydrogen-bond donors (Lipinski definition) is 1. The maximum atomic E-state index is 11.9. The average Bonchev–Trinajstić information content (AvgIpc) is 2.61. The first-order valence-corrected chi connectivity index (χ1v) is 6.66. The molecule has 3 rings (SSSR count). The summed E-state index contributed by atoms with van der Waals surface area (Å²) in [7, 11) is 0. The molecule has 0 radical (unpaired) electrons. The van der Waals surface area contributed by atoms with Gasteiger partial charge in [-0.3, -0.25) is 4.79 Å². The Balaban J connectivity index is 2.08. The summed E-state index contributed by atoms with van der Waals surface area (Å²) >= 11 is 0. The Bertz CT molecular complexity index is 434. The van der Waals surface area contributed by atoms with Gasteiger partial charge >= 0.3 is 0 Å². The van der Waals surface area contributed by atoms with E-state index in [4.69, 9.17) is 0 Å². The molecule has 2 saturated carbocycles. The Labute approximate surface area is 103 Å². The summed E-state index contributed by atoms with van der Waals surface area (Å²) in [6, 6.07) is 0. The number of aliphatic hydroxyl groups is 1. The molecule has 0 aromatic rings. The van der Waals surface area contributed by atoms with Crippen LogP contribution < -0.4 is 0 Å². The first-order valence-electron chi connectivity index (χ1n) is 6.66. The summed E-state index contributed by atoms with van der Waals surface area (Å²) in [5, 5.41) is 10.9. The van der Waals surface area contributed by atoms with E-state index in [0.717, 1.165) is 12.8 Å². The fraction of sp³-hybridized carbons (Fsp3) is 0.800. The van der Waals surface area contributed by atoms with Gasteiger partial charge in [-0.1, -0.05) is 33.3 Å². The lowest BCUT2D eigenvalue weighted by Crippen LogP contribution is -2.38. The van der Waals surface area contributed by atoms with Crippen molar-refractivity contribution in [1.82, 2.24) is 0 Å². The first-order chi connectivity index (χ1) is 7.69. The molecule has 4 atom stereocenters. The lowest BCUT2D eigenvalue weighted by atomic mass is 9.68. The van der Waals surface area contributed by atoms with Crippen LogP contribution in [-0.4, -0.2) is 16.5 Å². The first kappa shape index (κ1) is 11.5. The molecule has 0 heterocycles. The number of fused-ring (bicyclic) bond motifs is 3. The van der Waals surface area contributed by atoms with E-state index < -0.39 is 5.60 Å². The maximum Gasteiger partial charge on any atom is 0.159 e. The molecule has 2 fully saturated rings. The number of carbonyl (C=O) groups is 1. The van der Waals surface area contributed by atoms with Gasteiger partial charge in [-0.05, 0) is 36.7 Å². The van der Waals surface area contributed by atoms with Crippen LogP contribution in [-0.2, 0) is 4.79 Å². The summed E-state index contributed by atoms with van der Waals surface area (Å²) in [5.74, 6) is 0.567. The van der Waals surface area contributed by atoms with E-state index in [2.05, 4.69) is 20.8 Å². The molecule has 2 heteroatoms. The van der Waals surface area contributed by atoms with Crippen LogP contribution in [0.1, 0.15) is 47.0 Å². The van der Waals surface area contributed by atoms with E-state index in [-0.39, 0.29) is 28.4 Å². The normalized spacial score (nSPS) is 51.4. The largest absolute Gasteiger partial charge is 0.389 e. The zero-order valence-electron chi connectivity index (χ0n) is 11.2. The summed E-state index contributed by atoms with van der Waals surface area (Å²) in [6.45, 7) is 8.69. The SMILES string of the molecule is CC1C(=O)C=C2CC3(O)CC(C)(C)CC3C21C. The monoisotopic (exact) mass is 234 g/mol. The Morgan fingerprint density at radius 1 is 1.35 bits per heavy atom. The van der Waals surface area contributed by atoms with Crippen LogP contribution >= 0.6 is 0 Å². The van der Waals surface area contributed by atoms with Crippen LogP contribution in [0.3, 0.4) is 0 Å². The van der Waals surface area contributed by atoms with Crippen molar-refractivity contribution in [2.45, 2.75) is 52.6 Å². The van der Waals surface area contributed by atoms with Crippen LogP contribution in [0.5, 0.6) is 0 Å². The van der Waals surface area contributed by atoms with E-state index in [1.165, 1.54) is 5.57 Å². The number of rotatable bonds is 0. The summed E-state index contributed by atoms with van der Waals surface area (Å²) in [4.78, 5) is 11.9. The minimum absolute atomic E-state index is 0.0467. The van der Waals surface area contributed by atoms with Crippen molar-refractivity contribution in [3.05, 3.63) is 11.6 Å². The molecule has 0 aliphatic heterocycles. The van der Waals surface area contributed by atoms with Gasteiger partial charge in [0.25, 0.3) is 0 Å². The number of carbonyl (C=O) groups excluding carboxylic acids is 1. The van der Waals surface area contributed by atoms with E-state index in [0.29, 0.717) is 6.42 Å². The van der Waals surface area contributed by atoms with Gasteiger partial charge in [0, 0.05) is 11.3 Å². The Morgan fingerprint density at radius 2 is 2.00 bits per heavy atom. The van der Waals surface area contributed by atoms with Crippen molar-refractivity contribution in [1.29, 1.82) is 0 Å². The average molecular weight is 234 g/mol. The molecule has 94 valence electrons. The van der Waals surface area contributed by atoms with Crippen LogP contribution in [0, 0.1) is 22.7 Å². The van der Waals surface area contributed by atoms with Crippen molar-refractivity contribution in [2.75, 3.05) is 0 Å². The summed E-state index contributed by atoms with van der Waals surface area (Å²) in [6.07, 6.45) is 4.44. The molecular weight excluding hydrogens is 212 g/mol. The molecule has 1 N–H and O–H groups in total. The van der Waals surface area contributed by atoms with E-state index in [9.17, 15) is 9.90 Å². The van der Waals surface area contributed by atoms with Crippen LogP contribution in [0.25, 0.3) is 0 Å². The number of ketones is 1. The predicted molar refractivity (Wildman–Crippen MR) is 66.4 cm³/mol. The second kappa shape index (κ2) is 2.85. The number of hydrogen-bond acceptors (Lipinski definition) is 2. The Kier molecular flexibility index (Phi) is 1.92. The van der Waals surface area contributed by atoms with Gasteiger partial charge in [-0.2, -0.15) is 0 Å². The van der Waals surface area contributed by atoms with Gasteiger partial charge in [-0.25, -0.2) is 0 Å². The quantitative estimate of drug-likeness (QED) is 0.699. The molecule has 0 amide bonds. The smallest absolute Gasteiger partial charge is 0.159 e. The third-order valence-corrected chi connectivity index (χ3v) is 5.75. The maximum absolute atomic E-state index is 11.9. The molecule has 0 bridgehead atoms. The summed E-state index contributed by atoms with van der Waals surface area (Å²) < 4.78 is 0. The number of allylic oxidation sites excluding steroid dienone is 1. The fourth-order valence-electron chi connectivity index (χ4n) is 4.85. The molecule has 3 aliphatic carbocycles. The molecule has 0 saturated heterocycles. The van der Waals surface area contributed by atoms with Gasteiger partial charge in [0.2, 0.25) is 0 Å². The van der Waals surface area contributed by atoms with Gasteiger partial charge in [0.15, 0.2) is 5.78 Å². The molecule has 2 nitrogen and oxygen atoms in total.